The van der Waals surface area contributed by atoms with Crippen molar-refractivity contribution in [3.8, 4) is 17.1 Å². The Kier molecular flexibility index (Phi) is 5.10. The van der Waals surface area contributed by atoms with Gasteiger partial charge in [0.1, 0.15) is 5.75 Å². The van der Waals surface area contributed by atoms with Gasteiger partial charge in [-0.2, -0.15) is 4.31 Å². The molecule has 1 aliphatic heterocycles. The minimum Gasteiger partial charge on any atom is -0.497 e. The lowest BCUT2D eigenvalue weighted by Gasteiger charge is -2.28. The van der Waals surface area contributed by atoms with E-state index in [-0.39, 0.29) is 6.54 Å². The zero-order valence-corrected chi connectivity index (χ0v) is 17.5. The predicted octanol–water partition coefficient (Wildman–Crippen LogP) is 3.52. The molecule has 1 aliphatic rings. The van der Waals surface area contributed by atoms with Gasteiger partial charge in [-0.3, -0.25) is 0 Å². The molecule has 7 heteroatoms. The highest BCUT2D eigenvalue weighted by Gasteiger charge is 2.30. The van der Waals surface area contributed by atoms with Crippen molar-refractivity contribution in [3.63, 3.8) is 0 Å². The Labute approximate surface area is 171 Å². The second-order valence-corrected chi connectivity index (χ2v) is 9.09. The molecule has 0 spiro atoms. The molecule has 0 radical (unpaired) electrons. The lowest BCUT2D eigenvalue weighted by molar-refractivity contribution is 0.386. The smallest absolute Gasteiger partial charge is 0.243 e. The maximum Gasteiger partial charge on any atom is 0.243 e. The first kappa shape index (κ1) is 19.5. The molecule has 0 saturated heterocycles. The van der Waals surface area contributed by atoms with E-state index in [1.807, 2.05) is 44.2 Å². The molecule has 0 aliphatic carbocycles. The number of benzene rings is 2. The Morgan fingerprint density at radius 1 is 1.07 bits per heavy atom. The van der Waals surface area contributed by atoms with Crippen LogP contribution in [0.5, 0.6) is 5.75 Å². The number of fused-ring (bicyclic) bond motifs is 1. The van der Waals surface area contributed by atoms with Crippen molar-refractivity contribution >= 4 is 10.0 Å². The van der Waals surface area contributed by atoms with Crippen LogP contribution in [0.4, 0.5) is 0 Å². The van der Waals surface area contributed by atoms with Crippen LogP contribution in [0.25, 0.3) is 11.4 Å². The fourth-order valence-electron chi connectivity index (χ4n) is 3.52. The summed E-state index contributed by atoms with van der Waals surface area (Å²) in [6.45, 7) is 4.47. The van der Waals surface area contributed by atoms with E-state index < -0.39 is 10.0 Å². The highest BCUT2D eigenvalue weighted by atomic mass is 32.2. The van der Waals surface area contributed by atoms with E-state index in [9.17, 15) is 8.42 Å². The van der Waals surface area contributed by atoms with E-state index in [1.54, 1.807) is 25.4 Å². The quantitative estimate of drug-likeness (QED) is 0.659. The van der Waals surface area contributed by atoms with Gasteiger partial charge in [0, 0.05) is 36.8 Å². The van der Waals surface area contributed by atoms with Crippen LogP contribution in [-0.4, -0.2) is 36.3 Å². The van der Waals surface area contributed by atoms with Gasteiger partial charge in [0.2, 0.25) is 10.0 Å². The van der Waals surface area contributed by atoms with Crippen molar-refractivity contribution < 1.29 is 13.2 Å². The summed E-state index contributed by atoms with van der Waals surface area (Å²) in [5.41, 5.74) is 4.42. The average Bonchev–Trinajstić information content (AvgIpc) is 2.74. The maximum atomic E-state index is 13.2. The van der Waals surface area contributed by atoms with Crippen molar-refractivity contribution in [3.05, 3.63) is 71.0 Å². The summed E-state index contributed by atoms with van der Waals surface area (Å²) in [5.74, 6) is 1.41. The molecule has 0 unspecified atom stereocenters. The number of hydrogen-bond acceptors (Lipinski definition) is 5. The Morgan fingerprint density at radius 3 is 2.55 bits per heavy atom. The molecule has 0 atom stereocenters. The summed E-state index contributed by atoms with van der Waals surface area (Å²) in [5, 5.41) is 0. The monoisotopic (exact) mass is 409 g/mol. The molecule has 1 aromatic heterocycles. The van der Waals surface area contributed by atoms with E-state index in [0.717, 1.165) is 33.7 Å². The second kappa shape index (κ2) is 7.57. The molecule has 0 bridgehead atoms. The molecule has 0 saturated carbocycles. The molecule has 29 heavy (non-hydrogen) atoms. The van der Waals surface area contributed by atoms with Gasteiger partial charge in [0.15, 0.2) is 5.82 Å². The molecular weight excluding hydrogens is 386 g/mol. The third kappa shape index (κ3) is 3.63. The summed E-state index contributed by atoms with van der Waals surface area (Å²) < 4.78 is 33.1. The highest BCUT2D eigenvalue weighted by molar-refractivity contribution is 7.89. The van der Waals surface area contributed by atoms with Gasteiger partial charge in [-0.25, -0.2) is 18.4 Å². The van der Waals surface area contributed by atoms with E-state index >= 15 is 0 Å². The normalized spacial score (nSPS) is 14.4. The first-order chi connectivity index (χ1) is 13.9. The standard InChI is InChI=1S/C22H23N3O3S/c1-15-5-4-6-21(16(15)2)29(26,27)25-12-11-20-18(14-25)13-23-22(24-20)17-7-9-19(28-3)10-8-17/h4-10,13H,11-12,14H2,1-3H3. The van der Waals surface area contributed by atoms with Gasteiger partial charge >= 0.3 is 0 Å². The number of rotatable bonds is 4. The van der Waals surface area contributed by atoms with Crippen LogP contribution in [0, 0.1) is 13.8 Å². The van der Waals surface area contributed by atoms with Crippen LogP contribution in [0.2, 0.25) is 0 Å². The average molecular weight is 410 g/mol. The number of sulfonamides is 1. The zero-order valence-electron chi connectivity index (χ0n) is 16.7. The third-order valence-corrected chi connectivity index (χ3v) is 7.41. The third-order valence-electron chi connectivity index (χ3n) is 5.42. The van der Waals surface area contributed by atoms with Crippen LogP contribution in [0.3, 0.4) is 0 Å². The zero-order chi connectivity index (χ0) is 20.6. The van der Waals surface area contributed by atoms with Crippen LogP contribution in [0.1, 0.15) is 22.4 Å². The highest BCUT2D eigenvalue weighted by Crippen LogP contribution is 2.28. The molecular formula is C22H23N3O3S. The summed E-state index contributed by atoms with van der Waals surface area (Å²) in [6, 6.07) is 13.0. The number of aromatic nitrogens is 2. The largest absolute Gasteiger partial charge is 0.497 e. The van der Waals surface area contributed by atoms with Crippen LogP contribution < -0.4 is 4.74 Å². The van der Waals surface area contributed by atoms with Gasteiger partial charge in [-0.05, 0) is 55.3 Å². The van der Waals surface area contributed by atoms with E-state index in [0.29, 0.717) is 23.7 Å². The lowest BCUT2D eigenvalue weighted by atomic mass is 10.1. The van der Waals surface area contributed by atoms with Crippen molar-refractivity contribution in [2.45, 2.75) is 31.7 Å². The van der Waals surface area contributed by atoms with Gasteiger partial charge in [-0.15, -0.1) is 0 Å². The van der Waals surface area contributed by atoms with Crippen molar-refractivity contribution in [2.75, 3.05) is 13.7 Å². The summed E-state index contributed by atoms with van der Waals surface area (Å²) in [6.07, 6.45) is 2.30. The molecule has 0 N–H and O–H groups in total. The molecule has 3 aromatic rings. The number of methoxy groups -OCH3 is 1. The van der Waals surface area contributed by atoms with Crippen molar-refractivity contribution in [2.24, 2.45) is 0 Å². The maximum absolute atomic E-state index is 13.2. The molecule has 0 amide bonds. The fraction of sp³-hybridized carbons (Fsp3) is 0.273. The van der Waals surface area contributed by atoms with Crippen LogP contribution in [-0.2, 0) is 23.0 Å². The summed E-state index contributed by atoms with van der Waals surface area (Å²) in [7, 11) is -1.94. The summed E-state index contributed by atoms with van der Waals surface area (Å²) in [4.78, 5) is 9.52. The number of hydrogen-bond donors (Lipinski definition) is 0. The molecule has 150 valence electrons. The van der Waals surface area contributed by atoms with Gasteiger partial charge in [0.25, 0.3) is 0 Å². The second-order valence-electron chi connectivity index (χ2n) is 7.18. The Morgan fingerprint density at radius 2 is 1.83 bits per heavy atom. The minimum absolute atomic E-state index is 0.286. The minimum atomic E-state index is -3.56. The first-order valence-corrected chi connectivity index (χ1v) is 10.9. The van der Waals surface area contributed by atoms with Gasteiger partial charge in [-0.1, -0.05) is 12.1 Å². The molecule has 2 heterocycles. The van der Waals surface area contributed by atoms with Gasteiger partial charge < -0.3 is 4.74 Å². The van der Waals surface area contributed by atoms with E-state index in [1.165, 1.54) is 4.31 Å². The van der Waals surface area contributed by atoms with Crippen molar-refractivity contribution in [1.29, 1.82) is 0 Å². The number of ether oxygens (including phenoxy) is 1. The number of nitrogens with zero attached hydrogens (tertiary/aromatic N) is 3. The Balaban J connectivity index is 1.61. The Hall–Kier alpha value is -2.77. The topological polar surface area (TPSA) is 72.4 Å². The summed E-state index contributed by atoms with van der Waals surface area (Å²) >= 11 is 0. The van der Waals surface area contributed by atoms with Crippen LogP contribution >= 0.6 is 0 Å². The molecule has 6 nitrogen and oxygen atoms in total. The fourth-order valence-corrected chi connectivity index (χ4v) is 5.23. The van der Waals surface area contributed by atoms with E-state index in [2.05, 4.69) is 9.97 Å². The number of aryl methyl sites for hydroxylation is 1. The van der Waals surface area contributed by atoms with E-state index in [4.69, 9.17) is 4.74 Å². The van der Waals surface area contributed by atoms with Gasteiger partial charge in [0.05, 0.1) is 17.7 Å². The first-order valence-electron chi connectivity index (χ1n) is 9.46. The van der Waals surface area contributed by atoms with Crippen LogP contribution in [0.15, 0.2) is 53.6 Å². The SMILES string of the molecule is COc1ccc(-c2ncc3c(n2)CCN(S(=O)(=O)c2cccc(C)c2C)C3)cc1. The predicted molar refractivity (Wildman–Crippen MR) is 111 cm³/mol. The molecule has 0 fully saturated rings. The Bertz CT molecular complexity index is 1160. The molecule has 4 rings (SSSR count). The molecule has 2 aromatic carbocycles. The van der Waals surface area contributed by atoms with Crippen molar-refractivity contribution in [1.82, 2.24) is 14.3 Å². The lowest BCUT2D eigenvalue weighted by Crippen LogP contribution is -2.36.